The van der Waals surface area contributed by atoms with Crippen molar-refractivity contribution < 1.29 is 8.42 Å². The molecular weight excluding hydrogens is 276 g/mol. The van der Waals surface area contributed by atoms with Gasteiger partial charge in [-0.25, -0.2) is 12.7 Å². The summed E-state index contributed by atoms with van der Waals surface area (Å²) in [6.45, 7) is 4.65. The third kappa shape index (κ3) is 4.50. The highest BCUT2D eigenvalue weighted by atomic mass is 32.2. The minimum Gasteiger partial charge on any atom is -0.311 e. The number of nitrogens with one attached hydrogen (secondary N) is 1. The Kier molecular flexibility index (Phi) is 5.06. The van der Waals surface area contributed by atoms with Gasteiger partial charge in [0.25, 0.3) is 0 Å². The molecule has 0 bridgehead atoms. The number of hydrogen-bond donors (Lipinski definition) is 1. The molecule has 0 saturated carbocycles. The van der Waals surface area contributed by atoms with Gasteiger partial charge in [-0.3, -0.25) is 9.97 Å². The number of piperidine rings is 1. The van der Waals surface area contributed by atoms with Crippen LogP contribution in [0.1, 0.15) is 24.2 Å². The van der Waals surface area contributed by atoms with Gasteiger partial charge in [0.05, 0.1) is 17.6 Å². The molecule has 112 valence electrons. The first-order valence-electron chi connectivity index (χ1n) is 6.88. The molecule has 6 nitrogen and oxygen atoms in total. The second-order valence-electron chi connectivity index (χ2n) is 5.41. The standard InChI is InChI=1S/C13H22N4O2S/c1-11-6-16-13(9-15-11)8-14-7-12-4-3-5-17(10-12)20(2,18)19/h6,9,12,14H,3-5,7-8,10H2,1-2H3. The fourth-order valence-corrected chi connectivity index (χ4v) is 3.35. The molecule has 0 spiro atoms. The van der Waals surface area contributed by atoms with E-state index in [-0.39, 0.29) is 0 Å². The molecule has 1 aromatic rings. The molecule has 2 heterocycles. The zero-order valence-corrected chi connectivity index (χ0v) is 12.9. The van der Waals surface area contributed by atoms with Gasteiger partial charge in [-0.15, -0.1) is 0 Å². The first kappa shape index (κ1) is 15.3. The van der Waals surface area contributed by atoms with Crippen LogP contribution in [0, 0.1) is 12.8 Å². The first-order valence-corrected chi connectivity index (χ1v) is 8.73. The van der Waals surface area contributed by atoms with E-state index in [0.29, 0.717) is 25.6 Å². The smallest absolute Gasteiger partial charge is 0.211 e. The van der Waals surface area contributed by atoms with Gasteiger partial charge in [-0.1, -0.05) is 0 Å². The minimum absolute atomic E-state index is 0.372. The van der Waals surface area contributed by atoms with Crippen molar-refractivity contribution in [2.45, 2.75) is 26.3 Å². The van der Waals surface area contributed by atoms with Crippen LogP contribution in [0.2, 0.25) is 0 Å². The van der Waals surface area contributed by atoms with Gasteiger partial charge >= 0.3 is 0 Å². The monoisotopic (exact) mass is 298 g/mol. The van der Waals surface area contributed by atoms with E-state index in [0.717, 1.165) is 30.8 Å². The Balaban J connectivity index is 1.78. The zero-order chi connectivity index (χ0) is 14.6. The average molecular weight is 298 g/mol. The van der Waals surface area contributed by atoms with Gasteiger partial charge in [0.2, 0.25) is 10.0 Å². The zero-order valence-electron chi connectivity index (χ0n) is 12.0. The lowest BCUT2D eigenvalue weighted by Crippen LogP contribution is -2.42. The largest absolute Gasteiger partial charge is 0.311 e. The maximum absolute atomic E-state index is 11.5. The van der Waals surface area contributed by atoms with E-state index in [1.807, 2.05) is 6.92 Å². The second-order valence-corrected chi connectivity index (χ2v) is 7.39. The lowest BCUT2D eigenvalue weighted by molar-refractivity contribution is 0.261. The summed E-state index contributed by atoms with van der Waals surface area (Å²) in [5, 5.41) is 3.34. The number of aromatic nitrogens is 2. The molecule has 0 radical (unpaired) electrons. The molecule has 1 aromatic heterocycles. The van der Waals surface area contributed by atoms with Gasteiger partial charge in [0, 0.05) is 32.0 Å². The summed E-state index contributed by atoms with van der Waals surface area (Å²) in [4.78, 5) is 8.48. The molecule has 1 saturated heterocycles. The summed E-state index contributed by atoms with van der Waals surface area (Å²) in [6, 6.07) is 0. The highest BCUT2D eigenvalue weighted by Gasteiger charge is 2.25. The van der Waals surface area contributed by atoms with E-state index < -0.39 is 10.0 Å². The molecule has 0 aromatic carbocycles. The molecule has 1 atom stereocenters. The summed E-state index contributed by atoms with van der Waals surface area (Å²) in [7, 11) is -3.06. The molecule has 1 N–H and O–H groups in total. The lowest BCUT2D eigenvalue weighted by Gasteiger charge is -2.31. The highest BCUT2D eigenvalue weighted by molar-refractivity contribution is 7.88. The van der Waals surface area contributed by atoms with Crippen molar-refractivity contribution in [3.63, 3.8) is 0 Å². The van der Waals surface area contributed by atoms with Crippen LogP contribution in [0.15, 0.2) is 12.4 Å². The highest BCUT2D eigenvalue weighted by Crippen LogP contribution is 2.17. The second kappa shape index (κ2) is 6.60. The summed E-state index contributed by atoms with van der Waals surface area (Å²) in [6.07, 6.45) is 6.81. The summed E-state index contributed by atoms with van der Waals surface area (Å²) in [5.74, 6) is 0.372. The molecule has 20 heavy (non-hydrogen) atoms. The Morgan fingerprint density at radius 3 is 2.85 bits per heavy atom. The molecule has 1 fully saturated rings. The van der Waals surface area contributed by atoms with Crippen LogP contribution in [-0.4, -0.2) is 48.6 Å². The van der Waals surface area contributed by atoms with Gasteiger partial charge in [-0.05, 0) is 32.2 Å². The number of rotatable bonds is 5. The van der Waals surface area contributed by atoms with Gasteiger partial charge in [0.1, 0.15) is 0 Å². The fourth-order valence-electron chi connectivity index (χ4n) is 2.41. The van der Waals surface area contributed by atoms with Gasteiger partial charge in [-0.2, -0.15) is 0 Å². The van der Waals surface area contributed by atoms with Gasteiger partial charge < -0.3 is 5.32 Å². The van der Waals surface area contributed by atoms with E-state index >= 15 is 0 Å². The number of aryl methyl sites for hydroxylation is 1. The summed E-state index contributed by atoms with van der Waals surface area (Å²) in [5.41, 5.74) is 1.82. The predicted octanol–water partition coefficient (Wildman–Crippen LogP) is 0.546. The quantitative estimate of drug-likeness (QED) is 0.859. The van der Waals surface area contributed by atoms with E-state index in [9.17, 15) is 8.42 Å². The maximum Gasteiger partial charge on any atom is 0.211 e. The lowest BCUT2D eigenvalue weighted by atomic mass is 10.00. The Bertz CT molecular complexity index is 530. The van der Waals surface area contributed by atoms with Crippen LogP contribution >= 0.6 is 0 Å². The van der Waals surface area contributed by atoms with Crippen molar-refractivity contribution in [1.82, 2.24) is 19.6 Å². The van der Waals surface area contributed by atoms with Crippen LogP contribution in [-0.2, 0) is 16.6 Å². The van der Waals surface area contributed by atoms with E-state index in [4.69, 9.17) is 0 Å². The van der Waals surface area contributed by atoms with Crippen LogP contribution in [0.3, 0.4) is 0 Å². The van der Waals surface area contributed by atoms with Crippen molar-refractivity contribution in [3.8, 4) is 0 Å². The maximum atomic E-state index is 11.5. The van der Waals surface area contributed by atoms with Gasteiger partial charge in [0.15, 0.2) is 0 Å². The topological polar surface area (TPSA) is 75.2 Å². The molecule has 2 rings (SSSR count). The van der Waals surface area contributed by atoms with Crippen molar-refractivity contribution in [1.29, 1.82) is 0 Å². The minimum atomic E-state index is -3.06. The SMILES string of the molecule is Cc1cnc(CNCC2CCCN(S(C)(=O)=O)C2)cn1. The number of nitrogens with zero attached hydrogens (tertiary/aromatic N) is 3. The van der Waals surface area contributed by atoms with Crippen molar-refractivity contribution >= 4 is 10.0 Å². The van der Waals surface area contributed by atoms with E-state index in [1.165, 1.54) is 6.26 Å². The normalized spacial score (nSPS) is 21.0. The Hall–Kier alpha value is -1.05. The first-order chi connectivity index (χ1) is 9.45. The Morgan fingerprint density at radius 2 is 2.20 bits per heavy atom. The van der Waals surface area contributed by atoms with Crippen LogP contribution < -0.4 is 5.32 Å². The third-order valence-corrected chi connectivity index (χ3v) is 4.79. The van der Waals surface area contributed by atoms with Crippen LogP contribution in [0.5, 0.6) is 0 Å². The fraction of sp³-hybridized carbons (Fsp3) is 0.692. The molecule has 1 unspecified atom stereocenters. The Morgan fingerprint density at radius 1 is 1.40 bits per heavy atom. The molecule has 0 aliphatic carbocycles. The number of hydrogen-bond acceptors (Lipinski definition) is 5. The van der Waals surface area contributed by atoms with Crippen molar-refractivity contribution in [2.75, 3.05) is 25.9 Å². The number of sulfonamides is 1. The summed E-state index contributed by atoms with van der Waals surface area (Å²) >= 11 is 0. The molecule has 1 aliphatic rings. The molecular formula is C13H22N4O2S. The van der Waals surface area contributed by atoms with E-state index in [1.54, 1.807) is 16.7 Å². The predicted molar refractivity (Wildman–Crippen MR) is 77.6 cm³/mol. The third-order valence-electron chi connectivity index (χ3n) is 3.52. The van der Waals surface area contributed by atoms with Crippen LogP contribution in [0.4, 0.5) is 0 Å². The van der Waals surface area contributed by atoms with Crippen molar-refractivity contribution in [2.24, 2.45) is 5.92 Å². The Labute approximate surface area is 120 Å². The van der Waals surface area contributed by atoms with Crippen LogP contribution in [0.25, 0.3) is 0 Å². The molecule has 7 heteroatoms. The summed E-state index contributed by atoms with van der Waals surface area (Å²) < 4.78 is 24.7. The average Bonchev–Trinajstić information content (AvgIpc) is 2.40. The van der Waals surface area contributed by atoms with Crippen molar-refractivity contribution in [3.05, 3.63) is 23.8 Å². The molecule has 0 amide bonds. The molecule has 1 aliphatic heterocycles. The van der Waals surface area contributed by atoms with E-state index in [2.05, 4.69) is 15.3 Å².